The van der Waals surface area contributed by atoms with E-state index in [1.807, 2.05) is 18.3 Å². The topological polar surface area (TPSA) is 69.7 Å². The summed E-state index contributed by atoms with van der Waals surface area (Å²) in [5.74, 6) is 0.720. The Bertz CT molecular complexity index is 1210. The first-order valence-corrected chi connectivity index (χ1v) is 13.7. The number of piperazine rings is 1. The molecule has 0 aliphatic carbocycles. The number of amides is 1. The summed E-state index contributed by atoms with van der Waals surface area (Å²) in [6.45, 7) is 4.25. The van der Waals surface area contributed by atoms with Gasteiger partial charge in [0.25, 0.3) is 0 Å². The fourth-order valence-electron chi connectivity index (χ4n) is 5.49. The van der Waals surface area contributed by atoms with Gasteiger partial charge in [-0.05, 0) is 40.8 Å². The average molecular weight is 502 g/mol. The van der Waals surface area contributed by atoms with Gasteiger partial charge in [-0.25, -0.2) is 4.79 Å². The van der Waals surface area contributed by atoms with Gasteiger partial charge < -0.3 is 15.0 Å². The summed E-state index contributed by atoms with van der Waals surface area (Å²) in [5.41, 5.74) is 6.67. The summed E-state index contributed by atoms with van der Waals surface area (Å²) in [6, 6.07) is 21.9. The van der Waals surface area contributed by atoms with Crippen LogP contribution < -0.4 is 15.5 Å². The lowest BCUT2D eigenvalue weighted by Crippen LogP contribution is -2.50. The highest BCUT2D eigenvalue weighted by molar-refractivity contribution is 7.99. The predicted molar refractivity (Wildman–Crippen MR) is 143 cm³/mol. The van der Waals surface area contributed by atoms with Crippen molar-refractivity contribution in [1.82, 2.24) is 20.5 Å². The fraction of sp³-hybridized carbons (Fsp3) is 0.357. The molecule has 186 valence electrons. The number of hydrogen-bond acceptors (Lipinski definition) is 7. The maximum atomic E-state index is 12.4. The largest absolute Gasteiger partial charge is 0.429 e. The molecule has 3 aliphatic heterocycles. The van der Waals surface area contributed by atoms with E-state index in [1.165, 1.54) is 22.4 Å². The number of carbonyl (C=O) groups is 1. The van der Waals surface area contributed by atoms with Gasteiger partial charge in [-0.1, -0.05) is 48.5 Å². The molecule has 7 nitrogen and oxygen atoms in total. The van der Waals surface area contributed by atoms with Crippen molar-refractivity contribution in [3.63, 3.8) is 0 Å². The molecule has 4 heterocycles. The first-order valence-electron chi connectivity index (χ1n) is 12.6. The molecular weight excluding hydrogens is 470 g/mol. The summed E-state index contributed by atoms with van der Waals surface area (Å²) in [4.78, 5) is 21.6. The lowest BCUT2D eigenvalue weighted by molar-refractivity contribution is 0.0927. The van der Waals surface area contributed by atoms with Gasteiger partial charge in [0.1, 0.15) is 0 Å². The van der Waals surface area contributed by atoms with Crippen LogP contribution in [0.5, 0.6) is 0 Å². The van der Waals surface area contributed by atoms with Gasteiger partial charge >= 0.3 is 6.09 Å². The standard InChI is InChI=1S/C28H31N5O2S/c34-28(35-26-19-36-27(31-26)22-8-5-11-29-17-22)30-12-13-32-14-15-33-24-10-4-2-7-21(24)16-20-6-1-3-9-23(20)25(33)18-32/h1-11,17,25-27,31H,12-16,18-19H2,(H,30,34). The van der Waals surface area contributed by atoms with Gasteiger partial charge in [-0.2, -0.15) is 0 Å². The first-order chi connectivity index (χ1) is 17.7. The highest BCUT2D eigenvalue weighted by Gasteiger charge is 2.33. The molecule has 1 amide bonds. The molecule has 0 saturated carbocycles. The quantitative estimate of drug-likeness (QED) is 0.549. The van der Waals surface area contributed by atoms with Crippen LogP contribution in [0.25, 0.3) is 0 Å². The van der Waals surface area contributed by atoms with Crippen molar-refractivity contribution in [2.75, 3.05) is 43.4 Å². The molecule has 8 heteroatoms. The zero-order chi connectivity index (χ0) is 24.3. The van der Waals surface area contributed by atoms with Gasteiger partial charge in [0.2, 0.25) is 0 Å². The molecule has 3 aromatic rings. The summed E-state index contributed by atoms with van der Waals surface area (Å²) < 4.78 is 5.61. The van der Waals surface area contributed by atoms with Crippen LogP contribution in [0, 0.1) is 0 Å². The molecule has 2 aromatic carbocycles. The normalized spacial score (nSPS) is 23.2. The minimum absolute atomic E-state index is 0.0976. The molecule has 3 unspecified atom stereocenters. The third-order valence-corrected chi connectivity index (χ3v) is 8.48. The zero-order valence-electron chi connectivity index (χ0n) is 20.2. The van der Waals surface area contributed by atoms with Gasteiger partial charge in [-0.15, -0.1) is 11.8 Å². The van der Waals surface area contributed by atoms with Crippen molar-refractivity contribution < 1.29 is 9.53 Å². The number of benzene rings is 2. The molecular formula is C28H31N5O2S. The Hall–Kier alpha value is -3.07. The second kappa shape index (κ2) is 10.5. The third-order valence-electron chi connectivity index (χ3n) is 7.25. The second-order valence-corrected chi connectivity index (χ2v) is 10.6. The smallest absolute Gasteiger partial charge is 0.408 e. The number of nitrogens with one attached hydrogen (secondary N) is 2. The van der Waals surface area contributed by atoms with Crippen LogP contribution in [0.2, 0.25) is 0 Å². The summed E-state index contributed by atoms with van der Waals surface area (Å²) in [5, 5.41) is 6.41. The van der Waals surface area contributed by atoms with E-state index in [0.29, 0.717) is 12.6 Å². The van der Waals surface area contributed by atoms with E-state index in [-0.39, 0.29) is 17.7 Å². The van der Waals surface area contributed by atoms with Crippen LogP contribution in [-0.2, 0) is 11.2 Å². The monoisotopic (exact) mass is 501 g/mol. The number of nitrogens with zero attached hydrogens (tertiary/aromatic N) is 3. The Morgan fingerprint density at radius 2 is 1.94 bits per heavy atom. The first kappa shape index (κ1) is 23.3. The minimum atomic E-state index is -0.368. The molecule has 1 aromatic heterocycles. The van der Waals surface area contributed by atoms with Crippen molar-refractivity contribution in [1.29, 1.82) is 0 Å². The summed E-state index contributed by atoms with van der Waals surface area (Å²) in [7, 11) is 0. The van der Waals surface area contributed by atoms with Gasteiger partial charge in [0.15, 0.2) is 6.23 Å². The Kier molecular flexibility index (Phi) is 6.81. The number of alkyl carbamates (subject to hydrolysis) is 1. The van der Waals surface area contributed by atoms with Crippen LogP contribution in [0.4, 0.5) is 10.5 Å². The number of aromatic nitrogens is 1. The van der Waals surface area contributed by atoms with E-state index < -0.39 is 0 Å². The van der Waals surface area contributed by atoms with Crippen molar-refractivity contribution in [2.45, 2.75) is 24.1 Å². The average Bonchev–Trinajstić information content (AvgIpc) is 3.33. The number of ether oxygens (including phenoxy) is 1. The van der Waals surface area contributed by atoms with Crippen LogP contribution >= 0.6 is 11.8 Å². The maximum absolute atomic E-state index is 12.4. The SMILES string of the molecule is O=C(NCCN1CCN2c3ccccc3Cc3ccccc3C2C1)OC1CSC(c2cccnc2)N1. The van der Waals surface area contributed by atoms with Crippen LogP contribution in [0.15, 0.2) is 73.1 Å². The Morgan fingerprint density at radius 1 is 1.08 bits per heavy atom. The summed E-state index contributed by atoms with van der Waals surface area (Å²) >= 11 is 1.72. The van der Waals surface area contributed by atoms with Crippen molar-refractivity contribution in [3.05, 3.63) is 95.3 Å². The van der Waals surface area contributed by atoms with Crippen LogP contribution in [0.1, 0.15) is 33.7 Å². The molecule has 0 radical (unpaired) electrons. The van der Waals surface area contributed by atoms with Gasteiger partial charge in [0.05, 0.1) is 11.4 Å². The number of anilines is 1. The van der Waals surface area contributed by atoms with E-state index >= 15 is 0 Å². The lowest BCUT2D eigenvalue weighted by Gasteiger charge is -2.43. The molecule has 3 aliphatic rings. The number of rotatable bonds is 5. The van der Waals surface area contributed by atoms with E-state index in [9.17, 15) is 4.79 Å². The highest BCUT2D eigenvalue weighted by atomic mass is 32.2. The van der Waals surface area contributed by atoms with Crippen molar-refractivity contribution in [3.8, 4) is 0 Å². The maximum Gasteiger partial charge on any atom is 0.408 e. The molecule has 2 N–H and O–H groups in total. The minimum Gasteiger partial charge on any atom is -0.429 e. The number of pyridine rings is 1. The Morgan fingerprint density at radius 3 is 2.83 bits per heavy atom. The zero-order valence-corrected chi connectivity index (χ0v) is 21.0. The third kappa shape index (κ3) is 4.93. The Labute approximate surface area is 216 Å². The van der Waals surface area contributed by atoms with Crippen molar-refractivity contribution in [2.24, 2.45) is 0 Å². The van der Waals surface area contributed by atoms with E-state index in [2.05, 4.69) is 73.9 Å². The van der Waals surface area contributed by atoms with Crippen LogP contribution in [0.3, 0.4) is 0 Å². The number of carbonyl (C=O) groups excluding carboxylic acids is 1. The molecule has 3 atom stereocenters. The fourth-order valence-corrected chi connectivity index (χ4v) is 6.60. The number of hydrogen-bond donors (Lipinski definition) is 2. The van der Waals surface area contributed by atoms with Crippen molar-refractivity contribution >= 4 is 23.5 Å². The molecule has 2 saturated heterocycles. The highest BCUT2D eigenvalue weighted by Crippen LogP contribution is 2.39. The Balaban J connectivity index is 1.03. The van der Waals surface area contributed by atoms with E-state index in [1.54, 1.807) is 18.0 Å². The predicted octanol–water partition coefficient (Wildman–Crippen LogP) is 3.94. The number of fused-ring (bicyclic) bond motifs is 5. The molecule has 36 heavy (non-hydrogen) atoms. The van der Waals surface area contributed by atoms with Gasteiger partial charge in [0, 0.05) is 56.6 Å². The molecule has 0 spiro atoms. The lowest BCUT2D eigenvalue weighted by atomic mass is 9.96. The molecule has 6 rings (SSSR count). The van der Waals surface area contributed by atoms with Crippen LogP contribution in [-0.4, -0.2) is 60.7 Å². The van der Waals surface area contributed by atoms with E-state index in [4.69, 9.17) is 4.74 Å². The van der Waals surface area contributed by atoms with E-state index in [0.717, 1.165) is 43.9 Å². The van der Waals surface area contributed by atoms with Gasteiger partial charge in [-0.3, -0.25) is 15.2 Å². The summed E-state index contributed by atoms with van der Waals surface area (Å²) in [6.07, 6.45) is 3.91. The second-order valence-electron chi connectivity index (χ2n) is 9.50. The molecule has 2 fully saturated rings. The number of thioether (sulfide) groups is 1. The number of para-hydroxylation sites is 1. The molecule has 0 bridgehead atoms.